The van der Waals surface area contributed by atoms with Gasteiger partial charge in [-0.3, -0.25) is 14.4 Å². The second-order valence-electron chi connectivity index (χ2n) is 6.70. The molecule has 0 aliphatic carbocycles. The van der Waals surface area contributed by atoms with Gasteiger partial charge in [0.25, 0.3) is 11.8 Å². The average Bonchev–Trinajstić information content (AvgIpc) is 2.74. The number of aromatic nitrogens is 1. The van der Waals surface area contributed by atoms with E-state index in [0.717, 1.165) is 12.0 Å². The van der Waals surface area contributed by atoms with E-state index >= 15 is 0 Å². The number of carbonyl (C=O) groups excluding carboxylic acids is 3. The predicted octanol–water partition coefficient (Wildman–Crippen LogP) is 1.36. The van der Waals surface area contributed by atoms with Crippen LogP contribution in [0.1, 0.15) is 33.5 Å². The molecule has 1 aliphatic heterocycles. The first-order chi connectivity index (χ1) is 13.5. The summed E-state index contributed by atoms with van der Waals surface area (Å²) in [6.07, 6.45) is 0.728. The maximum atomic E-state index is 12.7. The fourth-order valence-electron chi connectivity index (χ4n) is 3.12. The zero-order valence-electron chi connectivity index (χ0n) is 15.9. The lowest BCUT2D eigenvalue weighted by atomic mass is 10.1. The van der Waals surface area contributed by atoms with E-state index in [1.54, 1.807) is 28.0 Å². The van der Waals surface area contributed by atoms with Gasteiger partial charge in [0.2, 0.25) is 5.91 Å². The zero-order chi connectivity index (χ0) is 19.9. The molecule has 1 aromatic heterocycles. The minimum Gasteiger partial charge on any atom is -0.350 e. The van der Waals surface area contributed by atoms with Gasteiger partial charge in [0.15, 0.2) is 0 Å². The molecule has 1 saturated heterocycles. The number of nitrogens with zero attached hydrogens (tertiary/aromatic N) is 3. The highest BCUT2D eigenvalue weighted by Gasteiger charge is 2.24. The van der Waals surface area contributed by atoms with Gasteiger partial charge in [-0.25, -0.2) is 4.98 Å². The molecule has 7 nitrogen and oxygen atoms in total. The smallest absolute Gasteiger partial charge is 0.272 e. The van der Waals surface area contributed by atoms with Crippen LogP contribution in [0, 0.1) is 0 Å². The van der Waals surface area contributed by atoms with Gasteiger partial charge in [-0.05, 0) is 24.1 Å². The molecule has 3 rings (SSSR count). The largest absolute Gasteiger partial charge is 0.350 e. The summed E-state index contributed by atoms with van der Waals surface area (Å²) < 4.78 is 0. The van der Waals surface area contributed by atoms with E-state index in [4.69, 9.17) is 0 Å². The lowest BCUT2D eigenvalue weighted by Gasteiger charge is -2.34. The first-order valence-corrected chi connectivity index (χ1v) is 9.38. The number of carbonyl (C=O) groups is 3. The van der Waals surface area contributed by atoms with Crippen molar-refractivity contribution in [2.75, 3.05) is 32.7 Å². The molecule has 2 aromatic rings. The van der Waals surface area contributed by atoms with Crippen molar-refractivity contribution >= 4 is 17.7 Å². The summed E-state index contributed by atoms with van der Waals surface area (Å²) >= 11 is 0. The van der Waals surface area contributed by atoms with E-state index < -0.39 is 0 Å². The molecule has 0 spiro atoms. The summed E-state index contributed by atoms with van der Waals surface area (Å²) in [5, 5.41) is 2.84. The Morgan fingerprint density at radius 3 is 2.21 bits per heavy atom. The number of pyridine rings is 1. The monoisotopic (exact) mass is 380 g/mol. The third kappa shape index (κ3) is 4.94. The number of piperazine rings is 1. The zero-order valence-corrected chi connectivity index (χ0v) is 15.9. The topological polar surface area (TPSA) is 82.6 Å². The van der Waals surface area contributed by atoms with Crippen molar-refractivity contribution in [3.05, 3.63) is 65.5 Å². The van der Waals surface area contributed by atoms with Gasteiger partial charge in [-0.2, -0.15) is 0 Å². The van der Waals surface area contributed by atoms with Crippen LogP contribution in [0.4, 0.5) is 0 Å². The van der Waals surface area contributed by atoms with Gasteiger partial charge in [-0.15, -0.1) is 0 Å². The van der Waals surface area contributed by atoms with Gasteiger partial charge in [-0.1, -0.05) is 36.4 Å². The van der Waals surface area contributed by atoms with Crippen molar-refractivity contribution in [1.29, 1.82) is 0 Å². The molecule has 2 heterocycles. The molecule has 0 saturated carbocycles. The SMILES string of the molecule is CC(=O)N1CCN(C(=O)c2cccc(C(=O)NCCc3ccccc3)n2)CC1. The van der Waals surface area contributed by atoms with Crippen LogP contribution in [-0.2, 0) is 11.2 Å². The molecule has 1 aromatic carbocycles. The molecule has 3 amide bonds. The van der Waals surface area contributed by atoms with E-state index in [2.05, 4.69) is 10.3 Å². The van der Waals surface area contributed by atoms with Gasteiger partial charge in [0.1, 0.15) is 11.4 Å². The summed E-state index contributed by atoms with van der Waals surface area (Å²) in [7, 11) is 0. The fraction of sp³-hybridized carbons (Fsp3) is 0.333. The molecule has 0 radical (unpaired) electrons. The molecular weight excluding hydrogens is 356 g/mol. The molecule has 146 valence electrons. The Hall–Kier alpha value is -3.22. The van der Waals surface area contributed by atoms with Crippen molar-refractivity contribution in [2.24, 2.45) is 0 Å². The lowest BCUT2D eigenvalue weighted by Crippen LogP contribution is -2.50. The Labute approximate surface area is 164 Å². The molecule has 1 fully saturated rings. The van der Waals surface area contributed by atoms with Gasteiger partial charge in [0.05, 0.1) is 0 Å². The van der Waals surface area contributed by atoms with Crippen LogP contribution in [0.2, 0.25) is 0 Å². The standard InChI is InChI=1S/C21H24N4O3/c1-16(26)24-12-14-25(15-13-24)21(28)19-9-5-8-18(23-19)20(27)22-11-10-17-6-3-2-4-7-17/h2-9H,10-15H2,1H3,(H,22,27). The number of hydrogen-bond donors (Lipinski definition) is 1. The van der Waals surface area contributed by atoms with Crippen LogP contribution >= 0.6 is 0 Å². The molecular formula is C21H24N4O3. The van der Waals surface area contributed by atoms with E-state index in [-0.39, 0.29) is 29.1 Å². The van der Waals surface area contributed by atoms with Crippen LogP contribution in [0.25, 0.3) is 0 Å². The minimum atomic E-state index is -0.299. The van der Waals surface area contributed by atoms with Crippen LogP contribution < -0.4 is 5.32 Å². The number of nitrogens with one attached hydrogen (secondary N) is 1. The highest BCUT2D eigenvalue weighted by Crippen LogP contribution is 2.09. The first-order valence-electron chi connectivity index (χ1n) is 9.38. The van der Waals surface area contributed by atoms with Crippen molar-refractivity contribution < 1.29 is 14.4 Å². The van der Waals surface area contributed by atoms with Crippen molar-refractivity contribution in [2.45, 2.75) is 13.3 Å². The highest BCUT2D eigenvalue weighted by molar-refractivity contribution is 5.96. The lowest BCUT2D eigenvalue weighted by molar-refractivity contribution is -0.130. The van der Waals surface area contributed by atoms with E-state index in [0.29, 0.717) is 32.7 Å². The summed E-state index contributed by atoms with van der Waals surface area (Å²) in [6.45, 7) is 3.98. The number of benzene rings is 1. The molecule has 28 heavy (non-hydrogen) atoms. The normalized spacial score (nSPS) is 13.9. The van der Waals surface area contributed by atoms with Crippen molar-refractivity contribution in [1.82, 2.24) is 20.1 Å². The summed E-state index contributed by atoms with van der Waals surface area (Å²) in [5.74, 6) is -0.506. The summed E-state index contributed by atoms with van der Waals surface area (Å²) in [4.78, 5) is 44.1. The maximum Gasteiger partial charge on any atom is 0.272 e. The molecule has 0 unspecified atom stereocenters. The highest BCUT2D eigenvalue weighted by atomic mass is 16.2. The van der Waals surface area contributed by atoms with Crippen molar-refractivity contribution in [3.63, 3.8) is 0 Å². The number of rotatable bonds is 5. The van der Waals surface area contributed by atoms with Crippen LogP contribution in [0.5, 0.6) is 0 Å². The Balaban J connectivity index is 1.56. The minimum absolute atomic E-state index is 0.0133. The van der Waals surface area contributed by atoms with Crippen molar-refractivity contribution in [3.8, 4) is 0 Å². The second kappa shape index (κ2) is 9.12. The third-order valence-electron chi connectivity index (χ3n) is 4.76. The molecule has 1 aliphatic rings. The van der Waals surface area contributed by atoms with Gasteiger partial charge >= 0.3 is 0 Å². The first kappa shape index (κ1) is 19.5. The maximum absolute atomic E-state index is 12.7. The molecule has 0 atom stereocenters. The van der Waals surface area contributed by atoms with Gasteiger partial charge in [0, 0.05) is 39.6 Å². The Morgan fingerprint density at radius 1 is 0.893 bits per heavy atom. The summed E-state index contributed by atoms with van der Waals surface area (Å²) in [6, 6.07) is 14.8. The fourth-order valence-corrected chi connectivity index (χ4v) is 3.12. The second-order valence-corrected chi connectivity index (χ2v) is 6.70. The number of hydrogen-bond acceptors (Lipinski definition) is 4. The van der Waals surface area contributed by atoms with Crippen LogP contribution in [0.3, 0.4) is 0 Å². The van der Waals surface area contributed by atoms with Crippen LogP contribution in [0.15, 0.2) is 48.5 Å². The molecule has 0 bridgehead atoms. The van der Waals surface area contributed by atoms with E-state index in [9.17, 15) is 14.4 Å². The molecule has 7 heteroatoms. The predicted molar refractivity (Wildman–Crippen MR) is 105 cm³/mol. The van der Waals surface area contributed by atoms with E-state index in [1.165, 1.54) is 6.92 Å². The Morgan fingerprint density at radius 2 is 1.54 bits per heavy atom. The Kier molecular flexibility index (Phi) is 6.37. The number of amides is 3. The molecule has 1 N–H and O–H groups in total. The Bertz CT molecular complexity index is 846. The van der Waals surface area contributed by atoms with Gasteiger partial charge < -0.3 is 15.1 Å². The quantitative estimate of drug-likeness (QED) is 0.849. The average molecular weight is 380 g/mol. The third-order valence-corrected chi connectivity index (χ3v) is 4.76. The summed E-state index contributed by atoms with van der Waals surface area (Å²) in [5.41, 5.74) is 1.61. The van der Waals surface area contributed by atoms with E-state index in [1.807, 2.05) is 30.3 Å². The van der Waals surface area contributed by atoms with Crippen LogP contribution in [-0.4, -0.2) is 65.2 Å².